The zero-order chi connectivity index (χ0) is 19.8. The summed E-state index contributed by atoms with van der Waals surface area (Å²) in [5.74, 6) is 0.383. The SMILES string of the molecule is CCCc1ccc(C2CC=C(c3ccc(S(F)(F)(F)(F)F)cc3)CC2)cc1. The molecule has 0 bridgehead atoms. The van der Waals surface area contributed by atoms with Crippen molar-refractivity contribution >= 4 is 15.8 Å². The zero-order valence-electron chi connectivity index (χ0n) is 15.1. The molecule has 1 aliphatic rings. The van der Waals surface area contributed by atoms with Crippen molar-refractivity contribution in [3.05, 3.63) is 71.3 Å². The molecule has 0 nitrogen and oxygen atoms in total. The lowest BCUT2D eigenvalue weighted by Crippen LogP contribution is -2.07. The van der Waals surface area contributed by atoms with E-state index in [0.717, 1.165) is 49.8 Å². The van der Waals surface area contributed by atoms with Crippen molar-refractivity contribution in [1.29, 1.82) is 0 Å². The van der Waals surface area contributed by atoms with Crippen molar-refractivity contribution in [2.45, 2.75) is 49.8 Å². The number of halogens is 5. The molecule has 6 heteroatoms. The highest BCUT2D eigenvalue weighted by molar-refractivity contribution is 8.45. The molecule has 0 saturated heterocycles. The summed E-state index contributed by atoms with van der Waals surface area (Å²) >= 11 is 0. The van der Waals surface area contributed by atoms with Gasteiger partial charge >= 0.3 is 10.2 Å². The van der Waals surface area contributed by atoms with Crippen LogP contribution in [0.3, 0.4) is 0 Å². The Morgan fingerprint density at radius 3 is 2.00 bits per heavy atom. The van der Waals surface area contributed by atoms with Gasteiger partial charge in [0.25, 0.3) is 0 Å². The Hall–Kier alpha value is -1.82. The molecule has 27 heavy (non-hydrogen) atoms. The van der Waals surface area contributed by atoms with Crippen molar-refractivity contribution in [2.75, 3.05) is 0 Å². The smallest absolute Gasteiger partial charge is 0.0936 e. The molecule has 0 spiro atoms. The van der Waals surface area contributed by atoms with Crippen molar-refractivity contribution in [2.24, 2.45) is 0 Å². The third-order valence-corrected chi connectivity index (χ3v) is 6.23. The molecule has 3 rings (SSSR count). The predicted octanol–water partition coefficient (Wildman–Crippen LogP) is 8.65. The van der Waals surface area contributed by atoms with Crippen LogP contribution in [0.15, 0.2) is 59.5 Å². The second kappa shape index (κ2) is 6.36. The summed E-state index contributed by atoms with van der Waals surface area (Å²) in [5, 5.41) is 0. The number of hydrogen-bond acceptors (Lipinski definition) is 0. The zero-order valence-corrected chi connectivity index (χ0v) is 15.9. The third-order valence-electron chi connectivity index (χ3n) is 5.07. The van der Waals surface area contributed by atoms with Gasteiger partial charge in [0, 0.05) is 0 Å². The van der Waals surface area contributed by atoms with Crippen LogP contribution in [0.5, 0.6) is 0 Å². The van der Waals surface area contributed by atoms with Gasteiger partial charge < -0.3 is 0 Å². The van der Waals surface area contributed by atoms with Crippen LogP contribution in [0.1, 0.15) is 55.2 Å². The minimum absolute atomic E-state index is 0.383. The van der Waals surface area contributed by atoms with Gasteiger partial charge in [-0.25, -0.2) is 0 Å². The van der Waals surface area contributed by atoms with Gasteiger partial charge in [-0.3, -0.25) is 0 Å². The second-order valence-corrected chi connectivity index (χ2v) is 9.59. The highest BCUT2D eigenvalue weighted by atomic mass is 32.5. The maximum absolute atomic E-state index is 12.8. The highest BCUT2D eigenvalue weighted by Crippen LogP contribution is 3.02. The van der Waals surface area contributed by atoms with Crippen LogP contribution in [0.25, 0.3) is 5.57 Å². The Labute approximate surface area is 156 Å². The number of hydrogen-bond donors (Lipinski definition) is 0. The fraction of sp³-hybridized carbons (Fsp3) is 0.333. The minimum atomic E-state index is -9.60. The molecule has 0 N–H and O–H groups in total. The lowest BCUT2D eigenvalue weighted by Gasteiger charge is -2.40. The Morgan fingerprint density at radius 1 is 0.889 bits per heavy atom. The predicted molar refractivity (Wildman–Crippen MR) is 103 cm³/mol. The van der Waals surface area contributed by atoms with Crippen molar-refractivity contribution in [3.63, 3.8) is 0 Å². The summed E-state index contributed by atoms with van der Waals surface area (Å²) in [6.07, 6.45) is 6.59. The number of allylic oxidation sites excluding steroid dienone is 2. The molecular weight excluding hydrogens is 379 g/mol. The largest absolute Gasteiger partial charge is 0.310 e. The number of rotatable bonds is 5. The van der Waals surface area contributed by atoms with E-state index in [4.69, 9.17) is 0 Å². The number of aryl methyl sites for hydroxylation is 1. The molecule has 0 fully saturated rings. The third kappa shape index (κ3) is 4.92. The lowest BCUT2D eigenvalue weighted by molar-refractivity contribution is 0.364. The minimum Gasteiger partial charge on any atom is -0.0936 e. The van der Waals surface area contributed by atoms with Crippen LogP contribution < -0.4 is 0 Å². The van der Waals surface area contributed by atoms with E-state index in [2.05, 4.69) is 31.2 Å². The molecule has 0 aromatic heterocycles. The molecular formula is C21H23F5S. The molecule has 0 heterocycles. The van der Waals surface area contributed by atoms with Gasteiger partial charge in [0.15, 0.2) is 0 Å². The first-order valence-electron chi connectivity index (χ1n) is 9.08. The topological polar surface area (TPSA) is 0 Å². The van der Waals surface area contributed by atoms with Crippen molar-refractivity contribution in [3.8, 4) is 0 Å². The Morgan fingerprint density at radius 2 is 1.52 bits per heavy atom. The fourth-order valence-electron chi connectivity index (χ4n) is 3.57. The van der Waals surface area contributed by atoms with Crippen molar-refractivity contribution < 1.29 is 19.4 Å². The first kappa shape index (κ1) is 19.9. The second-order valence-electron chi connectivity index (χ2n) is 7.19. The van der Waals surface area contributed by atoms with Gasteiger partial charge in [-0.15, -0.1) is 0 Å². The highest BCUT2D eigenvalue weighted by Gasteiger charge is 2.65. The average molecular weight is 402 g/mol. The monoisotopic (exact) mass is 402 g/mol. The van der Waals surface area contributed by atoms with Gasteiger partial charge in [0.1, 0.15) is 4.90 Å². The number of benzene rings is 2. The standard InChI is InChI=1S/C21H23F5S/c1-2-3-16-4-6-17(7-5-16)18-8-10-19(11-9-18)20-12-14-21(15-13-20)27(22,23,24,25)26/h4-7,10,12-15,18H,2-3,8-9,11H2,1H3. The van der Waals surface area contributed by atoms with E-state index in [1.807, 2.05) is 6.08 Å². The van der Waals surface area contributed by atoms with Crippen LogP contribution in [0.4, 0.5) is 19.4 Å². The van der Waals surface area contributed by atoms with Crippen LogP contribution in [0.2, 0.25) is 0 Å². The molecule has 0 amide bonds. The molecule has 0 saturated carbocycles. The van der Waals surface area contributed by atoms with Gasteiger partial charge in [0.2, 0.25) is 0 Å². The van der Waals surface area contributed by atoms with E-state index in [1.54, 1.807) is 0 Å². The Bertz CT molecular complexity index is 834. The Balaban J connectivity index is 1.72. The van der Waals surface area contributed by atoms with E-state index in [1.165, 1.54) is 11.1 Å². The van der Waals surface area contributed by atoms with E-state index >= 15 is 0 Å². The molecule has 1 atom stereocenters. The maximum atomic E-state index is 12.8. The average Bonchev–Trinajstić information content (AvgIpc) is 2.61. The summed E-state index contributed by atoms with van der Waals surface area (Å²) in [6.45, 7) is 2.14. The van der Waals surface area contributed by atoms with E-state index in [9.17, 15) is 19.4 Å². The molecule has 2 aromatic rings. The van der Waals surface area contributed by atoms with Crippen molar-refractivity contribution in [1.82, 2.24) is 0 Å². The van der Waals surface area contributed by atoms with Crippen LogP contribution in [-0.4, -0.2) is 0 Å². The van der Waals surface area contributed by atoms with E-state index < -0.39 is 15.1 Å². The van der Waals surface area contributed by atoms with E-state index in [-0.39, 0.29) is 0 Å². The van der Waals surface area contributed by atoms with Crippen LogP contribution >= 0.6 is 10.2 Å². The summed E-state index contributed by atoms with van der Waals surface area (Å²) in [7, 11) is -9.60. The normalized spacial score (nSPS) is 20.5. The summed E-state index contributed by atoms with van der Waals surface area (Å²) in [6, 6.07) is 11.9. The van der Waals surface area contributed by atoms with Gasteiger partial charge in [-0.2, -0.15) is 0 Å². The Kier molecular flexibility index (Phi) is 4.70. The quantitative estimate of drug-likeness (QED) is 0.439. The van der Waals surface area contributed by atoms with Crippen LogP contribution in [-0.2, 0) is 6.42 Å². The van der Waals surface area contributed by atoms with Gasteiger partial charge in [-0.1, -0.05) is 75.2 Å². The summed E-state index contributed by atoms with van der Waals surface area (Å²) < 4.78 is 64.1. The molecule has 1 aliphatic carbocycles. The summed E-state index contributed by atoms with van der Waals surface area (Å²) in [5.41, 5.74) is 4.08. The van der Waals surface area contributed by atoms with Gasteiger partial charge in [0.05, 0.1) is 0 Å². The van der Waals surface area contributed by atoms with Crippen LogP contribution in [0, 0.1) is 0 Å². The lowest BCUT2D eigenvalue weighted by atomic mass is 9.82. The molecule has 148 valence electrons. The maximum Gasteiger partial charge on any atom is 0.310 e. The first-order chi connectivity index (χ1) is 12.5. The molecule has 2 aromatic carbocycles. The molecule has 0 aliphatic heterocycles. The first-order valence-corrected chi connectivity index (χ1v) is 11.0. The fourth-order valence-corrected chi connectivity index (χ4v) is 4.22. The van der Waals surface area contributed by atoms with Gasteiger partial charge in [-0.05, 0) is 66.0 Å². The molecule has 0 radical (unpaired) electrons. The molecule has 1 unspecified atom stereocenters. The summed E-state index contributed by atoms with van der Waals surface area (Å²) in [4.78, 5) is -1.83. The van der Waals surface area contributed by atoms with E-state index in [0.29, 0.717) is 23.6 Å².